The Morgan fingerprint density at radius 1 is 0.419 bits per heavy atom. The van der Waals surface area contributed by atoms with E-state index in [0.29, 0.717) is 0 Å². The number of unbranched alkanes of at least 4 members (excludes halogenated alkanes) is 10. The number of benzene rings is 7. The van der Waals surface area contributed by atoms with E-state index in [1.807, 2.05) is 0 Å². The van der Waals surface area contributed by atoms with Gasteiger partial charge in [0, 0.05) is 12.1 Å². The number of carbonyl (C=O) groups is 4. The average molecular weight is 996 g/mol. The molecule has 0 atom stereocenters. The van der Waals surface area contributed by atoms with Crippen LogP contribution in [-0.4, -0.2) is 23.9 Å². The van der Waals surface area contributed by atoms with Crippen molar-refractivity contribution in [3.8, 4) is 51.3 Å². The molecule has 0 aromatic heterocycles. The van der Waals surface area contributed by atoms with Crippen molar-refractivity contribution in [3.05, 3.63) is 202 Å². The largest absolute Gasteiger partial charge is 0.423 e. The summed E-state index contributed by atoms with van der Waals surface area (Å²) in [5, 5.41) is 10.00. The van der Waals surface area contributed by atoms with Gasteiger partial charge in [0.2, 0.25) is 0 Å². The van der Waals surface area contributed by atoms with Crippen LogP contribution in [-0.2, 0) is 12.8 Å². The summed E-state index contributed by atoms with van der Waals surface area (Å²) in [5.74, 6) is -7.13. The van der Waals surface area contributed by atoms with Crippen molar-refractivity contribution in [1.29, 1.82) is 5.26 Å². The normalized spacial score (nSPS) is 10.9. The van der Waals surface area contributed by atoms with Gasteiger partial charge < -0.3 is 18.9 Å². The molecule has 0 unspecified atom stereocenters. The van der Waals surface area contributed by atoms with Gasteiger partial charge in [0.1, 0.15) is 34.8 Å². The van der Waals surface area contributed by atoms with Crippen LogP contribution >= 0.6 is 0 Å². The van der Waals surface area contributed by atoms with Gasteiger partial charge in [-0.3, -0.25) is 0 Å². The van der Waals surface area contributed by atoms with Gasteiger partial charge >= 0.3 is 23.9 Å². The van der Waals surface area contributed by atoms with E-state index in [-0.39, 0.29) is 34.1 Å². The molecule has 0 saturated heterocycles. The fraction of sp³-hybridized carbons (Fsp3) is 0.254. The van der Waals surface area contributed by atoms with Gasteiger partial charge in [0.05, 0.1) is 22.3 Å². The molecule has 74 heavy (non-hydrogen) atoms. The lowest BCUT2D eigenvalue weighted by Crippen LogP contribution is -2.15. The number of hydrogen-bond acceptors (Lipinski definition) is 9. The number of nitrogens with zero attached hydrogens (tertiary/aromatic N) is 1. The lowest BCUT2D eigenvalue weighted by molar-refractivity contribution is 0.0720. The van der Waals surface area contributed by atoms with Crippen molar-refractivity contribution in [2.24, 2.45) is 0 Å². The van der Waals surface area contributed by atoms with Crippen LogP contribution in [0.5, 0.6) is 23.0 Å². The molecule has 0 aliphatic rings. The Balaban J connectivity index is 0.896. The number of rotatable bonds is 24. The molecule has 7 aromatic rings. The Bertz CT molecular complexity index is 2870. The van der Waals surface area contributed by atoms with E-state index in [1.165, 1.54) is 106 Å². The maximum atomic E-state index is 15.3. The molecule has 0 heterocycles. The van der Waals surface area contributed by atoms with Crippen LogP contribution in [0.15, 0.2) is 152 Å². The van der Waals surface area contributed by atoms with E-state index < -0.39 is 52.2 Å². The first-order valence-corrected chi connectivity index (χ1v) is 25.4. The Hall–Kier alpha value is -8.23. The predicted octanol–water partition coefficient (Wildman–Crippen LogP) is 15.9. The molecular formula is C63H59F2NO8. The third-order valence-electron chi connectivity index (χ3n) is 12.7. The quantitative estimate of drug-likeness (QED) is 0.0330. The first kappa shape index (κ1) is 53.6. The summed E-state index contributed by atoms with van der Waals surface area (Å²) in [5.41, 5.74) is 5.37. The molecule has 0 radical (unpaired) electrons. The van der Waals surface area contributed by atoms with Gasteiger partial charge in [-0.1, -0.05) is 157 Å². The van der Waals surface area contributed by atoms with Crippen LogP contribution < -0.4 is 18.9 Å². The number of esters is 4. The summed E-state index contributed by atoms with van der Waals surface area (Å²) < 4.78 is 52.2. The van der Waals surface area contributed by atoms with Gasteiger partial charge in [-0.25, -0.2) is 28.0 Å². The highest BCUT2D eigenvalue weighted by molar-refractivity contribution is 5.95. The summed E-state index contributed by atoms with van der Waals surface area (Å²) in [6, 6.07) is 42.3. The molecule has 0 spiro atoms. The summed E-state index contributed by atoms with van der Waals surface area (Å²) in [4.78, 5) is 52.4. The summed E-state index contributed by atoms with van der Waals surface area (Å²) in [7, 11) is 0. The summed E-state index contributed by atoms with van der Waals surface area (Å²) in [6.07, 6.45) is 17.0. The molecule has 0 amide bonds. The Morgan fingerprint density at radius 2 is 0.770 bits per heavy atom. The minimum atomic E-state index is -1.21. The Kier molecular flexibility index (Phi) is 19.5. The first-order valence-electron chi connectivity index (χ1n) is 25.4. The Morgan fingerprint density at radius 3 is 1.12 bits per heavy atom. The topological polar surface area (TPSA) is 129 Å². The van der Waals surface area contributed by atoms with Gasteiger partial charge in [-0.2, -0.15) is 5.26 Å². The maximum Gasteiger partial charge on any atom is 0.346 e. The summed E-state index contributed by atoms with van der Waals surface area (Å²) >= 11 is 0. The maximum absolute atomic E-state index is 15.3. The second kappa shape index (κ2) is 27.0. The van der Waals surface area contributed by atoms with Crippen LogP contribution in [0.4, 0.5) is 8.78 Å². The second-order valence-corrected chi connectivity index (χ2v) is 18.2. The SMILES string of the molecule is CCCCCCCCc1ccc(-c2ccc(C(=O)Oc3ccc(C(=O)Oc4cccc(OC(=O)c5ccc(OC(=O)c6ccc(-c7ccc(CCCCCCCC)cc7)cc6)cc5F)c4C#N)c(F)c3)cc2)cc1. The van der Waals surface area contributed by atoms with E-state index >= 15 is 8.78 Å². The second-order valence-electron chi connectivity index (χ2n) is 18.2. The minimum absolute atomic E-state index is 0.167. The van der Waals surface area contributed by atoms with Crippen LogP contribution in [0.25, 0.3) is 22.3 Å². The molecule has 9 nitrogen and oxygen atoms in total. The van der Waals surface area contributed by atoms with E-state index in [0.717, 1.165) is 72.2 Å². The lowest BCUT2D eigenvalue weighted by Gasteiger charge is -2.12. The van der Waals surface area contributed by atoms with Gasteiger partial charge in [-0.05, 0) is 120 Å². The smallest absolute Gasteiger partial charge is 0.346 e. The highest BCUT2D eigenvalue weighted by Gasteiger charge is 2.23. The fourth-order valence-corrected chi connectivity index (χ4v) is 8.43. The molecule has 0 N–H and O–H groups in total. The number of carbonyl (C=O) groups excluding carboxylic acids is 4. The van der Waals surface area contributed by atoms with Crippen molar-refractivity contribution < 1.29 is 46.9 Å². The highest BCUT2D eigenvalue weighted by Crippen LogP contribution is 2.31. The molecule has 0 aliphatic carbocycles. The fourth-order valence-electron chi connectivity index (χ4n) is 8.43. The van der Waals surface area contributed by atoms with Crippen molar-refractivity contribution in [2.45, 2.75) is 104 Å². The Labute approximate surface area is 431 Å². The molecule has 0 bridgehead atoms. The molecule has 7 aromatic carbocycles. The van der Waals surface area contributed by atoms with Crippen LogP contribution in [0.2, 0.25) is 0 Å². The number of nitriles is 1. The molecule has 11 heteroatoms. The van der Waals surface area contributed by atoms with Crippen molar-refractivity contribution in [2.75, 3.05) is 0 Å². The number of halogens is 2. The van der Waals surface area contributed by atoms with Crippen molar-refractivity contribution >= 4 is 23.9 Å². The number of ether oxygens (including phenoxy) is 4. The molecule has 0 aliphatic heterocycles. The zero-order chi connectivity index (χ0) is 52.2. The van der Waals surface area contributed by atoms with Gasteiger partial charge in [-0.15, -0.1) is 0 Å². The van der Waals surface area contributed by atoms with E-state index in [1.54, 1.807) is 54.6 Å². The summed E-state index contributed by atoms with van der Waals surface area (Å²) in [6.45, 7) is 4.43. The van der Waals surface area contributed by atoms with Crippen molar-refractivity contribution in [1.82, 2.24) is 0 Å². The first-order chi connectivity index (χ1) is 36.0. The predicted molar refractivity (Wildman–Crippen MR) is 282 cm³/mol. The lowest BCUT2D eigenvalue weighted by atomic mass is 10.00. The van der Waals surface area contributed by atoms with Crippen molar-refractivity contribution in [3.63, 3.8) is 0 Å². The minimum Gasteiger partial charge on any atom is -0.423 e. The van der Waals surface area contributed by atoms with Crippen LogP contribution in [0.3, 0.4) is 0 Å². The van der Waals surface area contributed by atoms with Gasteiger partial charge in [0.25, 0.3) is 0 Å². The zero-order valence-electron chi connectivity index (χ0n) is 41.8. The third-order valence-corrected chi connectivity index (χ3v) is 12.7. The average Bonchev–Trinajstić information content (AvgIpc) is 3.41. The number of aryl methyl sites for hydroxylation is 2. The zero-order valence-corrected chi connectivity index (χ0v) is 41.8. The van der Waals surface area contributed by atoms with E-state index in [9.17, 15) is 24.4 Å². The standard InChI is InChI=1S/C63H59F2NO8/c1-3-5-7-9-11-13-16-43-20-24-45(25-21-43)47-28-32-49(33-29-47)60(67)71-51-36-38-53(56(64)40-51)62(69)73-58-18-15-19-59(55(58)42-66)74-63(70)54-39-37-52(41-57(54)65)72-61(68)50-34-30-48(31-35-50)46-26-22-44(23-27-46)17-14-12-10-8-6-4-2/h15,18-41H,3-14,16-17H2,1-2H3. The third kappa shape index (κ3) is 14.9. The van der Waals surface area contributed by atoms with Gasteiger partial charge in [0.15, 0.2) is 11.5 Å². The molecule has 0 saturated carbocycles. The van der Waals surface area contributed by atoms with Crippen LogP contribution in [0.1, 0.15) is 149 Å². The van der Waals surface area contributed by atoms with E-state index in [2.05, 4.69) is 62.4 Å². The molecule has 7 rings (SSSR count). The van der Waals surface area contributed by atoms with Crippen LogP contribution in [0, 0.1) is 23.0 Å². The number of hydrogen-bond donors (Lipinski definition) is 0. The molecule has 378 valence electrons. The monoisotopic (exact) mass is 995 g/mol. The van der Waals surface area contributed by atoms with E-state index in [4.69, 9.17) is 18.9 Å². The highest BCUT2D eigenvalue weighted by atomic mass is 19.1. The molecule has 0 fully saturated rings. The molecular weight excluding hydrogens is 937 g/mol.